The molecule has 1 nitrogen and oxygen atoms in total. The number of hydrogen-bond donors (Lipinski definition) is 0. The minimum atomic E-state index is 0.627. The Labute approximate surface area is 185 Å². The van der Waals surface area contributed by atoms with Gasteiger partial charge in [-0.25, -0.2) is 0 Å². The highest BCUT2D eigenvalue weighted by molar-refractivity contribution is 7.17. The normalized spacial score (nSPS) is 12.3. The topological polar surface area (TPSA) is 3.24 Å². The summed E-state index contributed by atoms with van der Waals surface area (Å²) >= 11 is 1.79. The molecule has 0 aliphatic rings. The van der Waals surface area contributed by atoms with E-state index < -0.39 is 0 Å². The van der Waals surface area contributed by atoms with E-state index >= 15 is 0 Å². The first-order valence-electron chi connectivity index (χ1n) is 10.9. The van der Waals surface area contributed by atoms with Crippen LogP contribution in [-0.4, -0.2) is 7.05 Å². The van der Waals surface area contributed by atoms with Gasteiger partial charge in [0.25, 0.3) is 0 Å². The quantitative estimate of drug-likeness (QED) is 0.305. The van der Waals surface area contributed by atoms with Crippen molar-refractivity contribution in [1.82, 2.24) is 0 Å². The van der Waals surface area contributed by atoms with E-state index in [9.17, 15) is 0 Å². The van der Waals surface area contributed by atoms with E-state index in [-0.39, 0.29) is 0 Å². The third kappa shape index (κ3) is 4.02. The fourth-order valence-corrected chi connectivity index (χ4v) is 5.28. The summed E-state index contributed by atoms with van der Waals surface area (Å²) in [6, 6.07) is 22.7. The largest absolute Gasteiger partial charge is 0.344 e. The third-order valence-corrected chi connectivity index (χ3v) is 7.14. The highest BCUT2D eigenvalue weighted by Crippen LogP contribution is 2.34. The number of fused-ring (bicyclic) bond motifs is 1. The number of rotatable bonds is 6. The van der Waals surface area contributed by atoms with E-state index in [0.29, 0.717) is 5.92 Å². The van der Waals surface area contributed by atoms with Gasteiger partial charge in [0, 0.05) is 23.1 Å². The van der Waals surface area contributed by atoms with E-state index in [1.165, 1.54) is 62.1 Å². The number of aryl methyl sites for hydroxylation is 2. The summed E-state index contributed by atoms with van der Waals surface area (Å²) in [7, 11) is 2.16. The van der Waals surface area contributed by atoms with Gasteiger partial charge in [-0.1, -0.05) is 44.5 Å². The van der Waals surface area contributed by atoms with E-state index in [0.717, 1.165) is 0 Å². The molecule has 0 bridgehead atoms. The molecule has 1 unspecified atom stereocenters. The van der Waals surface area contributed by atoms with Crippen molar-refractivity contribution in [3.8, 4) is 11.1 Å². The molecule has 0 saturated carbocycles. The summed E-state index contributed by atoms with van der Waals surface area (Å²) < 4.78 is 1.34. The van der Waals surface area contributed by atoms with E-state index in [4.69, 9.17) is 0 Å². The molecule has 0 saturated heterocycles. The van der Waals surface area contributed by atoms with Crippen LogP contribution in [0, 0.1) is 13.8 Å². The standard InChI is InChI=1S/C28H31NS/c1-6-7-19(2)26-11-8-22(16-20(26)3)23-9-12-27(21(4)17-23)29(5)25-10-13-28-24(18-25)14-15-30-28/h8-19H,6-7H2,1-5H3. The van der Waals surface area contributed by atoms with Gasteiger partial charge in [0.05, 0.1) is 0 Å². The minimum Gasteiger partial charge on any atom is -0.344 e. The highest BCUT2D eigenvalue weighted by Gasteiger charge is 2.12. The fourth-order valence-electron chi connectivity index (χ4n) is 4.51. The molecule has 3 aromatic carbocycles. The van der Waals surface area contributed by atoms with E-state index in [1.807, 2.05) is 0 Å². The van der Waals surface area contributed by atoms with Gasteiger partial charge >= 0.3 is 0 Å². The second-order valence-corrected chi connectivity index (χ2v) is 9.41. The predicted molar refractivity (Wildman–Crippen MR) is 135 cm³/mol. The fraction of sp³-hybridized carbons (Fsp3) is 0.286. The Kier molecular flexibility index (Phi) is 5.97. The van der Waals surface area contributed by atoms with Crippen LogP contribution in [0.15, 0.2) is 66.0 Å². The lowest BCUT2D eigenvalue weighted by Gasteiger charge is -2.22. The number of thiophene rings is 1. The number of hydrogen-bond acceptors (Lipinski definition) is 2. The van der Waals surface area contributed by atoms with Crippen LogP contribution in [0.4, 0.5) is 11.4 Å². The van der Waals surface area contributed by atoms with Gasteiger partial charge < -0.3 is 4.90 Å². The highest BCUT2D eigenvalue weighted by atomic mass is 32.1. The minimum absolute atomic E-state index is 0.627. The predicted octanol–water partition coefficient (Wildman–Crippen LogP) is 8.86. The van der Waals surface area contributed by atoms with Crippen molar-refractivity contribution < 1.29 is 0 Å². The van der Waals surface area contributed by atoms with E-state index in [2.05, 4.69) is 106 Å². The van der Waals surface area contributed by atoms with Crippen molar-refractivity contribution in [2.75, 3.05) is 11.9 Å². The maximum absolute atomic E-state index is 2.35. The third-order valence-electron chi connectivity index (χ3n) is 6.24. The summed E-state index contributed by atoms with van der Waals surface area (Å²) in [6.45, 7) is 9.07. The van der Waals surface area contributed by atoms with Gasteiger partial charge in [0.2, 0.25) is 0 Å². The molecule has 4 rings (SSSR count). The molecule has 2 heteroatoms. The van der Waals surface area contributed by atoms with Crippen molar-refractivity contribution >= 4 is 32.8 Å². The molecule has 0 amide bonds. The van der Waals surface area contributed by atoms with Crippen molar-refractivity contribution in [3.05, 3.63) is 82.7 Å². The van der Waals surface area contributed by atoms with Gasteiger partial charge in [0.1, 0.15) is 0 Å². The van der Waals surface area contributed by atoms with Crippen LogP contribution in [0.1, 0.15) is 49.3 Å². The Morgan fingerprint density at radius 3 is 2.30 bits per heavy atom. The van der Waals surface area contributed by atoms with Crippen LogP contribution < -0.4 is 4.90 Å². The zero-order chi connectivity index (χ0) is 21.3. The summed E-state index contributed by atoms with van der Waals surface area (Å²) in [5.74, 6) is 0.627. The summed E-state index contributed by atoms with van der Waals surface area (Å²) in [6.07, 6.45) is 2.48. The second kappa shape index (κ2) is 8.65. The average Bonchev–Trinajstić information content (AvgIpc) is 3.21. The number of nitrogens with zero attached hydrogens (tertiary/aromatic N) is 1. The molecule has 1 atom stereocenters. The zero-order valence-corrected chi connectivity index (χ0v) is 19.5. The summed E-state index contributed by atoms with van der Waals surface area (Å²) in [5.41, 5.74) is 9.24. The Morgan fingerprint density at radius 2 is 1.60 bits per heavy atom. The Balaban J connectivity index is 1.62. The maximum Gasteiger partial charge on any atom is 0.0438 e. The van der Waals surface area contributed by atoms with Crippen molar-refractivity contribution in [1.29, 1.82) is 0 Å². The van der Waals surface area contributed by atoms with Crippen molar-refractivity contribution in [2.24, 2.45) is 0 Å². The Morgan fingerprint density at radius 1 is 0.867 bits per heavy atom. The molecule has 0 radical (unpaired) electrons. The lowest BCUT2D eigenvalue weighted by molar-refractivity contribution is 0.661. The lowest BCUT2D eigenvalue weighted by atomic mass is 9.90. The smallest absolute Gasteiger partial charge is 0.0438 e. The lowest BCUT2D eigenvalue weighted by Crippen LogP contribution is -2.10. The molecule has 0 fully saturated rings. The Bertz CT molecular complexity index is 1170. The molecule has 1 heterocycles. The van der Waals surface area contributed by atoms with Crippen LogP contribution in [-0.2, 0) is 0 Å². The van der Waals surface area contributed by atoms with Crippen LogP contribution in [0.25, 0.3) is 21.2 Å². The number of benzene rings is 3. The van der Waals surface area contributed by atoms with Gasteiger partial charge in [-0.2, -0.15) is 0 Å². The molecule has 0 aliphatic carbocycles. The van der Waals surface area contributed by atoms with Crippen molar-refractivity contribution in [2.45, 2.75) is 46.5 Å². The molecule has 1 aromatic heterocycles. The average molecular weight is 414 g/mol. The van der Waals surface area contributed by atoms with Gasteiger partial charge in [0.15, 0.2) is 0 Å². The van der Waals surface area contributed by atoms with Gasteiger partial charge in [-0.3, -0.25) is 0 Å². The SMILES string of the molecule is CCCC(C)c1ccc(-c2ccc(N(C)c3ccc4sccc4c3)c(C)c2)cc1C. The molecule has 4 aromatic rings. The van der Waals surface area contributed by atoms with Gasteiger partial charge in [-0.15, -0.1) is 11.3 Å². The molecular weight excluding hydrogens is 382 g/mol. The first kappa shape index (κ1) is 20.7. The molecule has 0 spiro atoms. The molecule has 0 aliphatic heterocycles. The maximum atomic E-state index is 2.35. The van der Waals surface area contributed by atoms with Crippen LogP contribution >= 0.6 is 11.3 Å². The van der Waals surface area contributed by atoms with Crippen LogP contribution in [0.3, 0.4) is 0 Å². The molecular formula is C28H31NS. The first-order chi connectivity index (χ1) is 14.5. The van der Waals surface area contributed by atoms with Crippen molar-refractivity contribution in [3.63, 3.8) is 0 Å². The van der Waals surface area contributed by atoms with Crippen LogP contribution in [0.5, 0.6) is 0 Å². The second-order valence-electron chi connectivity index (χ2n) is 8.46. The molecule has 0 N–H and O–H groups in total. The first-order valence-corrected chi connectivity index (χ1v) is 11.8. The zero-order valence-electron chi connectivity index (χ0n) is 18.7. The van der Waals surface area contributed by atoms with Crippen LogP contribution in [0.2, 0.25) is 0 Å². The van der Waals surface area contributed by atoms with E-state index in [1.54, 1.807) is 11.3 Å². The Hall–Kier alpha value is -2.58. The van der Waals surface area contributed by atoms with Gasteiger partial charge in [-0.05, 0) is 101 Å². The summed E-state index contributed by atoms with van der Waals surface area (Å²) in [4.78, 5) is 2.29. The molecule has 30 heavy (non-hydrogen) atoms. The summed E-state index contributed by atoms with van der Waals surface area (Å²) in [5, 5.41) is 3.47. The monoisotopic (exact) mass is 413 g/mol. The number of anilines is 2. The molecule has 154 valence electrons.